The maximum Gasteiger partial charge on any atom is 0.197 e. The molecule has 3 rings (SSSR count). The third kappa shape index (κ3) is 13.5. The number of hydrogen-bond acceptors (Lipinski definition) is 4. The maximum atomic E-state index is 9.46. The molecule has 0 radical (unpaired) electrons. The average molecular weight is 558 g/mol. The number of rotatable bonds is 10. The van der Waals surface area contributed by atoms with Gasteiger partial charge in [-0.25, -0.2) is 0 Å². The van der Waals surface area contributed by atoms with Crippen molar-refractivity contribution in [1.82, 2.24) is 0 Å². The molecular weight excluding hydrogens is 501 g/mol. The lowest BCUT2D eigenvalue weighted by molar-refractivity contribution is -0.116. The SMILES string of the molecule is CC(Oc1cccc(C(CN)CC(C)(C)C)c1)OC1CCCCC1.CPC(CC(C)(C)C)c1cccc(O)c1. The Labute approximate surface area is 241 Å². The van der Waals surface area contributed by atoms with Crippen molar-refractivity contribution >= 4 is 8.58 Å². The van der Waals surface area contributed by atoms with Crippen molar-refractivity contribution in [2.24, 2.45) is 16.6 Å². The molecule has 0 aromatic heterocycles. The quantitative estimate of drug-likeness (QED) is 0.226. The van der Waals surface area contributed by atoms with E-state index in [0.717, 1.165) is 33.6 Å². The van der Waals surface area contributed by atoms with E-state index in [9.17, 15) is 5.11 Å². The topological polar surface area (TPSA) is 64.7 Å². The molecule has 1 saturated carbocycles. The molecule has 3 N–H and O–H groups in total. The summed E-state index contributed by atoms with van der Waals surface area (Å²) in [4.78, 5) is 0. The van der Waals surface area contributed by atoms with Crippen molar-refractivity contribution in [2.45, 2.75) is 117 Å². The van der Waals surface area contributed by atoms with Crippen LogP contribution in [0.2, 0.25) is 0 Å². The van der Waals surface area contributed by atoms with Gasteiger partial charge in [-0.2, -0.15) is 0 Å². The fourth-order valence-corrected chi connectivity index (χ4v) is 6.68. The normalized spacial score (nSPS) is 17.4. The number of benzene rings is 2. The Bertz CT molecular complexity index is 959. The number of ether oxygens (including phenoxy) is 2. The van der Waals surface area contributed by atoms with Crippen molar-refractivity contribution in [1.29, 1.82) is 0 Å². The number of aromatic hydroxyl groups is 1. The second-order valence-electron chi connectivity index (χ2n) is 13.6. The third-order valence-corrected chi connectivity index (χ3v) is 8.38. The van der Waals surface area contributed by atoms with Gasteiger partial charge in [0.25, 0.3) is 0 Å². The Morgan fingerprint density at radius 1 is 0.897 bits per heavy atom. The highest BCUT2D eigenvalue weighted by molar-refractivity contribution is 7.37. The van der Waals surface area contributed by atoms with Gasteiger partial charge in [-0.15, -0.1) is 8.58 Å². The fourth-order valence-electron chi connectivity index (χ4n) is 5.35. The van der Waals surface area contributed by atoms with Crippen LogP contribution >= 0.6 is 8.58 Å². The van der Waals surface area contributed by atoms with Gasteiger partial charge in [-0.05, 0) is 98.0 Å². The lowest BCUT2D eigenvalue weighted by atomic mass is 9.81. The van der Waals surface area contributed by atoms with Crippen molar-refractivity contribution in [3.8, 4) is 11.5 Å². The average Bonchev–Trinajstić information content (AvgIpc) is 2.86. The monoisotopic (exact) mass is 557 g/mol. The molecule has 2 aromatic carbocycles. The molecule has 0 amide bonds. The molecule has 39 heavy (non-hydrogen) atoms. The molecule has 0 heterocycles. The molecule has 2 aromatic rings. The minimum atomic E-state index is -0.206. The highest BCUT2D eigenvalue weighted by Gasteiger charge is 2.21. The van der Waals surface area contributed by atoms with Crippen molar-refractivity contribution in [3.05, 3.63) is 59.7 Å². The maximum absolute atomic E-state index is 9.46. The molecule has 0 saturated heterocycles. The van der Waals surface area contributed by atoms with Crippen molar-refractivity contribution in [3.63, 3.8) is 0 Å². The molecule has 4 nitrogen and oxygen atoms in total. The van der Waals surface area contributed by atoms with Gasteiger partial charge in [0.15, 0.2) is 6.29 Å². The first-order chi connectivity index (χ1) is 18.3. The zero-order valence-electron chi connectivity index (χ0n) is 25.9. The first-order valence-electron chi connectivity index (χ1n) is 14.9. The van der Waals surface area contributed by atoms with E-state index < -0.39 is 0 Å². The fraction of sp³-hybridized carbons (Fsp3) is 0.647. The van der Waals surface area contributed by atoms with E-state index in [1.807, 2.05) is 25.1 Å². The van der Waals surface area contributed by atoms with Gasteiger partial charge >= 0.3 is 0 Å². The summed E-state index contributed by atoms with van der Waals surface area (Å²) in [7, 11) is 0.885. The van der Waals surface area contributed by atoms with Gasteiger partial charge in [0.2, 0.25) is 0 Å². The Balaban J connectivity index is 0.000000306. The Morgan fingerprint density at radius 3 is 2.08 bits per heavy atom. The van der Waals surface area contributed by atoms with Crippen molar-refractivity contribution < 1.29 is 14.6 Å². The van der Waals surface area contributed by atoms with E-state index in [0.29, 0.717) is 35.4 Å². The molecule has 0 spiro atoms. The van der Waals surface area contributed by atoms with Crippen LogP contribution < -0.4 is 10.5 Å². The van der Waals surface area contributed by atoms with Crippen LogP contribution in [0.1, 0.15) is 116 Å². The zero-order chi connectivity index (χ0) is 29.1. The number of phenolic OH excluding ortho intramolecular Hbond substituents is 1. The molecule has 4 unspecified atom stereocenters. The highest BCUT2D eigenvalue weighted by atomic mass is 31.1. The van der Waals surface area contributed by atoms with Crippen LogP contribution in [0, 0.1) is 10.8 Å². The second-order valence-corrected chi connectivity index (χ2v) is 14.8. The van der Waals surface area contributed by atoms with Gasteiger partial charge in [-0.3, -0.25) is 0 Å². The zero-order valence-corrected chi connectivity index (χ0v) is 26.9. The van der Waals surface area contributed by atoms with Gasteiger partial charge in [0.05, 0.1) is 6.10 Å². The lowest BCUT2D eigenvalue weighted by Gasteiger charge is -2.27. The Kier molecular flexibility index (Phi) is 13.8. The smallest absolute Gasteiger partial charge is 0.197 e. The Morgan fingerprint density at radius 2 is 1.51 bits per heavy atom. The molecule has 220 valence electrons. The van der Waals surface area contributed by atoms with Crippen LogP contribution in [-0.4, -0.2) is 30.7 Å². The summed E-state index contributed by atoms with van der Waals surface area (Å²) >= 11 is 0. The predicted molar refractivity (Wildman–Crippen MR) is 170 cm³/mol. The molecule has 0 aliphatic heterocycles. The molecular formula is C34H56NO3P. The summed E-state index contributed by atoms with van der Waals surface area (Å²) in [5.74, 6) is 1.62. The summed E-state index contributed by atoms with van der Waals surface area (Å²) < 4.78 is 12.1. The third-order valence-electron chi connectivity index (χ3n) is 7.15. The summed E-state index contributed by atoms with van der Waals surface area (Å²) in [6, 6.07) is 16.0. The standard InChI is InChI=1S/C21H35NO2.C13H21OP/c1-16(23-19-10-6-5-7-11-19)24-20-12-8-9-17(13-20)18(15-22)14-21(2,3)4;1-13(2,3)9-12(15-4)10-6-5-7-11(14)8-10/h8-9,12-13,16,18-19H,5-7,10-11,14-15,22H2,1-4H3;5-8,12,14-15H,9H2,1-4H3. The van der Waals surface area contributed by atoms with E-state index in [2.05, 4.69) is 72.5 Å². The van der Waals surface area contributed by atoms with E-state index in [4.69, 9.17) is 15.2 Å². The summed E-state index contributed by atoms with van der Waals surface area (Å²) in [5.41, 5.74) is 9.74. The molecule has 1 aliphatic carbocycles. The molecule has 0 bridgehead atoms. The van der Waals surface area contributed by atoms with Gasteiger partial charge in [0, 0.05) is 5.66 Å². The van der Waals surface area contributed by atoms with E-state index in [1.54, 1.807) is 6.07 Å². The van der Waals surface area contributed by atoms with Crippen LogP contribution in [0.25, 0.3) is 0 Å². The van der Waals surface area contributed by atoms with Crippen molar-refractivity contribution in [2.75, 3.05) is 13.2 Å². The first-order valence-corrected chi connectivity index (χ1v) is 16.5. The van der Waals surface area contributed by atoms with Gasteiger partial charge in [0.1, 0.15) is 11.5 Å². The molecule has 5 heteroatoms. The highest BCUT2D eigenvalue weighted by Crippen LogP contribution is 2.42. The predicted octanol–water partition coefficient (Wildman–Crippen LogP) is 9.42. The Hall–Kier alpha value is -1.61. The number of hydrogen-bond donors (Lipinski definition) is 2. The summed E-state index contributed by atoms with van der Waals surface area (Å²) in [5, 5.41) is 9.46. The van der Waals surface area contributed by atoms with Gasteiger partial charge < -0.3 is 20.3 Å². The van der Waals surface area contributed by atoms with E-state index in [1.165, 1.54) is 36.8 Å². The largest absolute Gasteiger partial charge is 0.508 e. The van der Waals surface area contributed by atoms with Gasteiger partial charge in [-0.1, -0.05) is 85.1 Å². The van der Waals surface area contributed by atoms with Crippen LogP contribution in [0.15, 0.2) is 48.5 Å². The van der Waals surface area contributed by atoms with Crippen LogP contribution in [0.3, 0.4) is 0 Å². The van der Waals surface area contributed by atoms with Crippen LogP contribution in [-0.2, 0) is 4.74 Å². The minimum absolute atomic E-state index is 0.206. The van der Waals surface area contributed by atoms with Crippen LogP contribution in [0.4, 0.5) is 0 Å². The second kappa shape index (κ2) is 16.0. The summed E-state index contributed by atoms with van der Waals surface area (Å²) in [6.07, 6.45) is 8.60. The van der Waals surface area contributed by atoms with E-state index >= 15 is 0 Å². The number of nitrogens with two attached hydrogens (primary N) is 1. The minimum Gasteiger partial charge on any atom is -0.508 e. The molecule has 1 fully saturated rings. The molecule has 1 aliphatic rings. The lowest BCUT2D eigenvalue weighted by Crippen LogP contribution is -2.26. The summed E-state index contributed by atoms with van der Waals surface area (Å²) in [6.45, 7) is 18.5. The van der Waals surface area contributed by atoms with Crippen LogP contribution in [0.5, 0.6) is 11.5 Å². The first kappa shape index (κ1) is 33.6. The van der Waals surface area contributed by atoms with E-state index in [-0.39, 0.29) is 11.7 Å². The molecule has 4 atom stereocenters. The number of phenols is 1.